The number of halogens is 1. The molecule has 2 nitrogen and oxygen atoms in total. The van der Waals surface area contributed by atoms with Gasteiger partial charge in [-0.15, -0.1) is 0 Å². The summed E-state index contributed by atoms with van der Waals surface area (Å²) >= 11 is 6.10. The Balaban J connectivity index is 2.38. The van der Waals surface area contributed by atoms with Crippen LogP contribution >= 0.6 is 11.6 Å². The van der Waals surface area contributed by atoms with Crippen LogP contribution in [0.2, 0.25) is 5.02 Å². The molecule has 0 aliphatic heterocycles. The molecule has 0 amide bonds. The summed E-state index contributed by atoms with van der Waals surface area (Å²) in [5.41, 5.74) is 3.65. The minimum Gasteiger partial charge on any atom is -0.497 e. The van der Waals surface area contributed by atoms with Gasteiger partial charge in [-0.1, -0.05) is 29.8 Å². The SMILES string of the molecule is COc1ccc(C(O)c2ccc(C)c(Cl)c2)c(C)c1. The lowest BCUT2D eigenvalue weighted by molar-refractivity contribution is 0.219. The average molecular weight is 277 g/mol. The van der Waals surface area contributed by atoms with Gasteiger partial charge in [-0.2, -0.15) is 0 Å². The lowest BCUT2D eigenvalue weighted by atomic mass is 9.97. The molecule has 3 heteroatoms. The van der Waals surface area contributed by atoms with Crippen LogP contribution in [0.25, 0.3) is 0 Å². The Morgan fingerprint density at radius 1 is 1.05 bits per heavy atom. The molecule has 1 N–H and O–H groups in total. The van der Waals surface area contributed by atoms with E-state index in [-0.39, 0.29) is 0 Å². The van der Waals surface area contributed by atoms with Crippen molar-refractivity contribution in [2.45, 2.75) is 20.0 Å². The zero-order valence-corrected chi connectivity index (χ0v) is 12.0. The minimum atomic E-state index is -0.677. The van der Waals surface area contributed by atoms with Crippen LogP contribution in [0, 0.1) is 13.8 Å². The topological polar surface area (TPSA) is 29.5 Å². The van der Waals surface area contributed by atoms with Crippen LogP contribution in [-0.4, -0.2) is 12.2 Å². The Bertz CT molecular complexity index is 593. The summed E-state index contributed by atoms with van der Waals surface area (Å²) in [5, 5.41) is 11.1. The van der Waals surface area contributed by atoms with Gasteiger partial charge in [0.25, 0.3) is 0 Å². The summed E-state index contributed by atoms with van der Waals surface area (Å²) in [7, 11) is 1.63. The molecule has 2 aromatic carbocycles. The van der Waals surface area contributed by atoms with E-state index in [0.29, 0.717) is 5.02 Å². The highest BCUT2D eigenvalue weighted by atomic mass is 35.5. The maximum atomic E-state index is 10.5. The zero-order chi connectivity index (χ0) is 14.0. The number of aliphatic hydroxyl groups is 1. The van der Waals surface area contributed by atoms with Gasteiger partial charge < -0.3 is 9.84 Å². The molecule has 0 fully saturated rings. The maximum absolute atomic E-state index is 10.5. The van der Waals surface area contributed by atoms with Crippen molar-refractivity contribution in [3.63, 3.8) is 0 Å². The van der Waals surface area contributed by atoms with Crippen LogP contribution in [0.4, 0.5) is 0 Å². The molecule has 2 aromatic rings. The maximum Gasteiger partial charge on any atom is 0.119 e. The summed E-state index contributed by atoms with van der Waals surface area (Å²) in [5.74, 6) is 0.787. The van der Waals surface area contributed by atoms with E-state index in [4.69, 9.17) is 16.3 Å². The lowest BCUT2D eigenvalue weighted by Crippen LogP contribution is -2.02. The summed E-state index contributed by atoms with van der Waals surface area (Å²) in [6, 6.07) is 11.3. The van der Waals surface area contributed by atoms with E-state index >= 15 is 0 Å². The Hall–Kier alpha value is -1.51. The normalized spacial score (nSPS) is 12.3. The van der Waals surface area contributed by atoms with Crippen molar-refractivity contribution < 1.29 is 9.84 Å². The average Bonchev–Trinajstić information content (AvgIpc) is 2.41. The molecule has 0 bridgehead atoms. The van der Waals surface area contributed by atoms with Crippen LogP contribution < -0.4 is 4.74 Å². The molecule has 0 saturated heterocycles. The van der Waals surface area contributed by atoms with Crippen molar-refractivity contribution in [2.75, 3.05) is 7.11 Å². The number of aliphatic hydroxyl groups excluding tert-OH is 1. The van der Waals surface area contributed by atoms with Gasteiger partial charge in [-0.25, -0.2) is 0 Å². The summed E-state index contributed by atoms with van der Waals surface area (Å²) in [4.78, 5) is 0. The zero-order valence-electron chi connectivity index (χ0n) is 11.3. The molecule has 1 atom stereocenters. The molecule has 100 valence electrons. The van der Waals surface area contributed by atoms with Crippen molar-refractivity contribution in [3.8, 4) is 5.75 Å². The van der Waals surface area contributed by atoms with Gasteiger partial charge in [0.15, 0.2) is 0 Å². The third-order valence-corrected chi connectivity index (χ3v) is 3.69. The van der Waals surface area contributed by atoms with Crippen molar-refractivity contribution in [2.24, 2.45) is 0 Å². The number of hydrogen-bond donors (Lipinski definition) is 1. The quantitative estimate of drug-likeness (QED) is 0.916. The predicted molar refractivity (Wildman–Crippen MR) is 78.0 cm³/mol. The molecular formula is C16H17ClO2. The van der Waals surface area contributed by atoms with E-state index in [9.17, 15) is 5.11 Å². The Morgan fingerprint density at radius 2 is 1.79 bits per heavy atom. The molecule has 0 aliphatic carbocycles. The number of ether oxygens (including phenoxy) is 1. The molecule has 0 aromatic heterocycles. The van der Waals surface area contributed by atoms with Gasteiger partial charge in [-0.05, 0) is 54.3 Å². The van der Waals surface area contributed by atoms with Crippen LogP contribution in [0.5, 0.6) is 5.75 Å². The number of rotatable bonds is 3. The molecule has 0 spiro atoms. The monoisotopic (exact) mass is 276 g/mol. The number of benzene rings is 2. The highest BCUT2D eigenvalue weighted by Crippen LogP contribution is 2.29. The van der Waals surface area contributed by atoms with Gasteiger partial charge in [0.1, 0.15) is 11.9 Å². The second-order valence-corrected chi connectivity index (χ2v) is 5.04. The van der Waals surface area contributed by atoms with E-state index in [1.165, 1.54) is 0 Å². The van der Waals surface area contributed by atoms with Crippen LogP contribution in [0.15, 0.2) is 36.4 Å². The summed E-state index contributed by atoms with van der Waals surface area (Å²) in [6.45, 7) is 3.90. The van der Waals surface area contributed by atoms with Gasteiger partial charge in [-0.3, -0.25) is 0 Å². The largest absolute Gasteiger partial charge is 0.497 e. The fraction of sp³-hybridized carbons (Fsp3) is 0.250. The van der Waals surface area contributed by atoms with Crippen LogP contribution in [0.1, 0.15) is 28.4 Å². The van der Waals surface area contributed by atoms with Gasteiger partial charge in [0.2, 0.25) is 0 Å². The Morgan fingerprint density at radius 3 is 2.37 bits per heavy atom. The van der Waals surface area contributed by atoms with E-state index in [1.54, 1.807) is 7.11 Å². The second-order valence-electron chi connectivity index (χ2n) is 4.63. The van der Waals surface area contributed by atoms with Crippen LogP contribution in [0.3, 0.4) is 0 Å². The second kappa shape index (κ2) is 5.64. The molecule has 0 saturated carbocycles. The van der Waals surface area contributed by atoms with Crippen molar-refractivity contribution >= 4 is 11.6 Å². The number of hydrogen-bond acceptors (Lipinski definition) is 2. The number of methoxy groups -OCH3 is 1. The van der Waals surface area contributed by atoms with Gasteiger partial charge in [0, 0.05) is 5.02 Å². The smallest absolute Gasteiger partial charge is 0.119 e. The fourth-order valence-corrected chi connectivity index (χ4v) is 2.23. The standard InChI is InChI=1S/C16H17ClO2/c1-10-4-5-12(9-15(10)17)16(18)14-7-6-13(19-3)8-11(14)2/h4-9,16,18H,1-3H3. The Kier molecular flexibility index (Phi) is 4.13. The van der Waals surface area contributed by atoms with Crippen LogP contribution in [-0.2, 0) is 0 Å². The first-order valence-electron chi connectivity index (χ1n) is 6.11. The van der Waals surface area contributed by atoms with Gasteiger partial charge in [0.05, 0.1) is 7.11 Å². The lowest BCUT2D eigenvalue weighted by Gasteiger charge is -2.16. The molecule has 0 radical (unpaired) electrons. The fourth-order valence-electron chi connectivity index (χ4n) is 2.04. The molecule has 2 rings (SSSR count). The van der Waals surface area contributed by atoms with Crippen molar-refractivity contribution in [3.05, 3.63) is 63.7 Å². The first kappa shape index (κ1) is 13.9. The third-order valence-electron chi connectivity index (χ3n) is 3.28. The summed E-state index contributed by atoms with van der Waals surface area (Å²) in [6.07, 6.45) is -0.677. The Labute approximate surface area is 118 Å². The minimum absolute atomic E-state index is 0.669. The van der Waals surface area contributed by atoms with E-state index < -0.39 is 6.10 Å². The van der Waals surface area contributed by atoms with E-state index in [1.807, 2.05) is 50.2 Å². The molecule has 19 heavy (non-hydrogen) atoms. The molecular weight excluding hydrogens is 260 g/mol. The van der Waals surface area contributed by atoms with E-state index in [0.717, 1.165) is 28.0 Å². The highest BCUT2D eigenvalue weighted by Gasteiger charge is 2.14. The van der Waals surface area contributed by atoms with Crippen molar-refractivity contribution in [1.82, 2.24) is 0 Å². The van der Waals surface area contributed by atoms with Crippen molar-refractivity contribution in [1.29, 1.82) is 0 Å². The third kappa shape index (κ3) is 2.91. The predicted octanol–water partition coefficient (Wildman–Crippen LogP) is 4.05. The first-order chi connectivity index (χ1) is 9.02. The van der Waals surface area contributed by atoms with Gasteiger partial charge >= 0.3 is 0 Å². The van der Waals surface area contributed by atoms with E-state index in [2.05, 4.69) is 0 Å². The molecule has 1 unspecified atom stereocenters. The number of aryl methyl sites for hydroxylation is 2. The highest BCUT2D eigenvalue weighted by molar-refractivity contribution is 6.31. The summed E-state index contributed by atoms with van der Waals surface area (Å²) < 4.78 is 5.17. The molecule has 0 aliphatic rings. The first-order valence-corrected chi connectivity index (χ1v) is 6.49. The molecule has 0 heterocycles.